The summed E-state index contributed by atoms with van der Waals surface area (Å²) in [5.41, 5.74) is -1.00. The quantitative estimate of drug-likeness (QED) is 0.778. The van der Waals surface area contributed by atoms with Gasteiger partial charge in [0.05, 0.1) is 5.56 Å². The summed E-state index contributed by atoms with van der Waals surface area (Å²) in [6.45, 7) is 1.33. The van der Waals surface area contributed by atoms with Crippen LogP contribution in [0, 0.1) is 0 Å². The van der Waals surface area contributed by atoms with Gasteiger partial charge in [0.15, 0.2) is 0 Å². The van der Waals surface area contributed by atoms with Crippen molar-refractivity contribution in [1.29, 1.82) is 0 Å². The molecule has 0 amide bonds. The van der Waals surface area contributed by atoms with E-state index < -0.39 is 27.1 Å². The lowest BCUT2D eigenvalue weighted by molar-refractivity contribution is -0.137. The van der Waals surface area contributed by atoms with Crippen molar-refractivity contribution in [2.24, 2.45) is 0 Å². The Bertz CT molecular complexity index is 569. The summed E-state index contributed by atoms with van der Waals surface area (Å²) in [7, 11) is -3.79. The summed E-state index contributed by atoms with van der Waals surface area (Å²) in [5, 5.41) is 4.82. The van der Waals surface area contributed by atoms with Crippen LogP contribution in [-0.4, -0.2) is 33.4 Å². The number of hydrogen-bond acceptors (Lipinski definition) is 4. The second-order valence-corrected chi connectivity index (χ2v) is 6.24. The van der Waals surface area contributed by atoms with E-state index in [4.69, 9.17) is 0 Å². The van der Waals surface area contributed by atoms with Crippen LogP contribution in [0.15, 0.2) is 24.3 Å². The van der Waals surface area contributed by atoms with Gasteiger partial charge in [0, 0.05) is 25.3 Å². The lowest BCUT2D eigenvalue weighted by atomic mass is 10.2. The fourth-order valence-corrected chi connectivity index (χ4v) is 3.11. The molecule has 0 spiro atoms. The van der Waals surface area contributed by atoms with Gasteiger partial charge in [-0.05, 0) is 18.2 Å². The highest BCUT2D eigenvalue weighted by Gasteiger charge is 2.31. The molecule has 0 bridgehead atoms. The summed E-state index contributed by atoms with van der Waals surface area (Å²) in [4.78, 5) is 0. The van der Waals surface area contributed by atoms with Crippen molar-refractivity contribution >= 4 is 15.7 Å². The molecular weight excluding hydrogens is 295 g/mol. The Balaban J connectivity index is 2.17. The zero-order chi connectivity index (χ0) is 14.8. The number of alkyl halides is 3. The van der Waals surface area contributed by atoms with Gasteiger partial charge < -0.3 is 5.32 Å². The number of nitrogens with one attached hydrogen (secondary N) is 3. The number of benzene rings is 1. The van der Waals surface area contributed by atoms with Gasteiger partial charge in [-0.25, -0.2) is 8.42 Å². The molecule has 1 aromatic rings. The Morgan fingerprint density at radius 3 is 2.60 bits per heavy atom. The van der Waals surface area contributed by atoms with Crippen LogP contribution in [0.5, 0.6) is 0 Å². The molecular formula is C11H14F3N3O2S. The van der Waals surface area contributed by atoms with Gasteiger partial charge in [-0.1, -0.05) is 6.07 Å². The zero-order valence-electron chi connectivity index (χ0n) is 10.4. The van der Waals surface area contributed by atoms with Gasteiger partial charge in [0.25, 0.3) is 0 Å². The van der Waals surface area contributed by atoms with Crippen LogP contribution in [0.2, 0.25) is 0 Å². The van der Waals surface area contributed by atoms with E-state index in [2.05, 4.69) is 15.4 Å². The van der Waals surface area contributed by atoms with Gasteiger partial charge in [-0.15, -0.1) is 0 Å². The second-order valence-electron chi connectivity index (χ2n) is 4.37. The predicted octanol–water partition coefficient (Wildman–Crippen LogP) is 0.966. The SMILES string of the molecule is O=S(=O)(Nc1cccc(C(F)(F)F)c1)C1CNCCN1. The van der Waals surface area contributed by atoms with E-state index in [1.54, 1.807) is 0 Å². The van der Waals surface area contributed by atoms with Crippen molar-refractivity contribution in [3.8, 4) is 0 Å². The van der Waals surface area contributed by atoms with Crippen molar-refractivity contribution in [3.05, 3.63) is 29.8 Å². The van der Waals surface area contributed by atoms with Gasteiger partial charge in [-0.2, -0.15) is 13.2 Å². The summed E-state index contributed by atoms with van der Waals surface area (Å²) >= 11 is 0. The van der Waals surface area contributed by atoms with Crippen LogP contribution in [0.4, 0.5) is 18.9 Å². The van der Waals surface area contributed by atoms with E-state index in [0.717, 1.165) is 18.2 Å². The number of anilines is 1. The van der Waals surface area contributed by atoms with E-state index >= 15 is 0 Å². The number of hydrogen-bond donors (Lipinski definition) is 3. The Morgan fingerprint density at radius 1 is 1.25 bits per heavy atom. The molecule has 2 rings (SSSR count). The first-order valence-corrected chi connectivity index (χ1v) is 7.47. The topological polar surface area (TPSA) is 70.2 Å². The van der Waals surface area contributed by atoms with Crippen molar-refractivity contribution in [1.82, 2.24) is 10.6 Å². The average Bonchev–Trinajstić information content (AvgIpc) is 2.38. The third kappa shape index (κ3) is 3.62. The maximum absolute atomic E-state index is 12.6. The summed E-state index contributed by atoms with van der Waals surface area (Å²) < 4.78 is 63.9. The highest BCUT2D eigenvalue weighted by Crippen LogP contribution is 2.30. The molecule has 9 heteroatoms. The smallest absolute Gasteiger partial charge is 0.313 e. The third-order valence-corrected chi connectivity index (χ3v) is 4.43. The molecule has 112 valence electrons. The van der Waals surface area contributed by atoms with E-state index in [1.807, 2.05) is 0 Å². The Kier molecular flexibility index (Phi) is 4.21. The molecule has 1 aliphatic heterocycles. The molecule has 1 saturated heterocycles. The fraction of sp³-hybridized carbons (Fsp3) is 0.455. The molecule has 0 radical (unpaired) electrons. The minimum Gasteiger partial charge on any atom is -0.313 e. The number of halogens is 3. The molecule has 1 aromatic carbocycles. The summed E-state index contributed by atoms with van der Waals surface area (Å²) in [6.07, 6.45) is -4.51. The van der Waals surface area contributed by atoms with Crippen LogP contribution < -0.4 is 15.4 Å². The maximum atomic E-state index is 12.6. The second kappa shape index (κ2) is 5.58. The molecule has 20 heavy (non-hydrogen) atoms. The Labute approximate surface area is 114 Å². The van der Waals surface area contributed by atoms with Crippen molar-refractivity contribution in [2.45, 2.75) is 11.6 Å². The van der Waals surface area contributed by atoms with Crippen LogP contribution in [0.3, 0.4) is 0 Å². The fourth-order valence-electron chi connectivity index (χ4n) is 1.84. The number of rotatable bonds is 3. The van der Waals surface area contributed by atoms with Crippen LogP contribution in [0.25, 0.3) is 0 Å². The molecule has 0 saturated carbocycles. The Hall–Kier alpha value is -1.32. The van der Waals surface area contributed by atoms with Crippen molar-refractivity contribution in [3.63, 3.8) is 0 Å². The number of piperazine rings is 1. The minimum absolute atomic E-state index is 0.104. The highest BCUT2D eigenvalue weighted by molar-refractivity contribution is 7.93. The lowest BCUT2D eigenvalue weighted by Gasteiger charge is -2.25. The molecule has 0 aliphatic carbocycles. The molecule has 0 aromatic heterocycles. The van der Waals surface area contributed by atoms with E-state index in [0.29, 0.717) is 13.1 Å². The molecule has 5 nitrogen and oxygen atoms in total. The van der Waals surface area contributed by atoms with E-state index in [-0.39, 0.29) is 12.2 Å². The van der Waals surface area contributed by atoms with E-state index in [1.165, 1.54) is 6.07 Å². The van der Waals surface area contributed by atoms with Crippen molar-refractivity contribution < 1.29 is 21.6 Å². The number of sulfonamides is 1. The maximum Gasteiger partial charge on any atom is 0.416 e. The molecule has 3 N–H and O–H groups in total. The van der Waals surface area contributed by atoms with Gasteiger partial charge >= 0.3 is 6.18 Å². The van der Waals surface area contributed by atoms with E-state index in [9.17, 15) is 21.6 Å². The van der Waals surface area contributed by atoms with Gasteiger partial charge in [-0.3, -0.25) is 10.0 Å². The van der Waals surface area contributed by atoms with Crippen LogP contribution >= 0.6 is 0 Å². The standard InChI is InChI=1S/C11H14F3N3O2S/c12-11(13,14)8-2-1-3-9(6-8)17-20(18,19)10-7-15-4-5-16-10/h1-3,6,10,15-17H,4-5,7H2. The molecule has 1 atom stereocenters. The molecule has 1 fully saturated rings. The first kappa shape index (κ1) is 15.1. The third-order valence-electron chi connectivity index (χ3n) is 2.83. The molecule has 1 heterocycles. The zero-order valence-corrected chi connectivity index (χ0v) is 11.2. The first-order chi connectivity index (χ1) is 9.29. The first-order valence-electron chi connectivity index (χ1n) is 5.92. The van der Waals surface area contributed by atoms with Crippen molar-refractivity contribution in [2.75, 3.05) is 24.4 Å². The average molecular weight is 309 g/mol. The monoisotopic (exact) mass is 309 g/mol. The molecule has 1 aliphatic rings. The van der Waals surface area contributed by atoms with Crippen LogP contribution in [0.1, 0.15) is 5.56 Å². The Morgan fingerprint density at radius 2 is 2.00 bits per heavy atom. The van der Waals surface area contributed by atoms with Gasteiger partial charge in [0.2, 0.25) is 10.0 Å². The molecule has 1 unspecified atom stereocenters. The summed E-state index contributed by atoms with van der Waals surface area (Å²) in [6, 6.07) is 4.10. The summed E-state index contributed by atoms with van der Waals surface area (Å²) in [5.74, 6) is 0. The lowest BCUT2D eigenvalue weighted by Crippen LogP contribution is -2.53. The predicted molar refractivity (Wildman–Crippen MR) is 68.6 cm³/mol. The highest BCUT2D eigenvalue weighted by atomic mass is 32.2. The van der Waals surface area contributed by atoms with Gasteiger partial charge in [0.1, 0.15) is 5.37 Å². The normalized spacial score (nSPS) is 20.6. The largest absolute Gasteiger partial charge is 0.416 e. The van der Waals surface area contributed by atoms with Crippen LogP contribution in [-0.2, 0) is 16.2 Å². The minimum atomic E-state index is -4.51.